The van der Waals surface area contributed by atoms with Crippen molar-refractivity contribution in [2.24, 2.45) is 0 Å². The lowest BCUT2D eigenvalue weighted by atomic mass is 10.1. The van der Waals surface area contributed by atoms with Crippen LogP contribution in [0, 0.1) is 0 Å². The predicted octanol–water partition coefficient (Wildman–Crippen LogP) is 2.92. The van der Waals surface area contributed by atoms with Crippen molar-refractivity contribution in [3.05, 3.63) is 29.6 Å². The van der Waals surface area contributed by atoms with Crippen LogP contribution in [0.3, 0.4) is 0 Å². The largest absolute Gasteiger partial charge is 0.418 e. The van der Waals surface area contributed by atoms with Crippen molar-refractivity contribution in [3.8, 4) is 0 Å². The van der Waals surface area contributed by atoms with Gasteiger partial charge in [-0.3, -0.25) is 9.88 Å². The molecule has 0 atom stereocenters. The number of halogens is 5. The van der Waals surface area contributed by atoms with E-state index in [-0.39, 0.29) is 25.2 Å². The highest BCUT2D eigenvalue weighted by atomic mass is 19.4. The smallest absolute Gasteiger partial charge is 0.310 e. The van der Waals surface area contributed by atoms with E-state index >= 15 is 0 Å². The zero-order chi connectivity index (χ0) is 16.2. The topological polar surface area (TPSA) is 28.2 Å². The van der Waals surface area contributed by atoms with E-state index in [1.165, 1.54) is 12.3 Å². The molecule has 1 aromatic rings. The van der Waals surface area contributed by atoms with Crippen LogP contribution >= 0.6 is 0 Å². The van der Waals surface area contributed by atoms with Gasteiger partial charge < -0.3 is 5.32 Å². The maximum absolute atomic E-state index is 13.2. The molecule has 1 saturated heterocycles. The molecule has 0 amide bonds. The summed E-state index contributed by atoms with van der Waals surface area (Å²) in [5.74, 6) is -2.66. The number of nitrogens with one attached hydrogen (secondary N) is 1. The Balaban J connectivity index is 1.80. The van der Waals surface area contributed by atoms with Gasteiger partial charge in [-0.05, 0) is 25.1 Å². The molecule has 2 heterocycles. The quantitative estimate of drug-likeness (QED) is 0.667. The lowest BCUT2D eigenvalue weighted by Crippen LogP contribution is -2.45. The van der Waals surface area contributed by atoms with Gasteiger partial charge in [0.2, 0.25) is 0 Å². The Labute approximate surface area is 125 Å². The first-order valence-electron chi connectivity index (χ1n) is 7.10. The van der Waals surface area contributed by atoms with Crippen molar-refractivity contribution < 1.29 is 22.0 Å². The van der Waals surface area contributed by atoms with Crippen molar-refractivity contribution in [1.29, 1.82) is 0 Å². The summed E-state index contributed by atoms with van der Waals surface area (Å²) in [6.07, 6.45) is -2.80. The fourth-order valence-electron chi connectivity index (χ4n) is 2.52. The molecule has 1 aliphatic heterocycles. The second-order valence-corrected chi connectivity index (χ2v) is 5.41. The SMILES string of the molecule is FC1(F)CCCN(CCNCc2ncccc2C(F)(F)F)C1. The molecule has 3 nitrogen and oxygen atoms in total. The Morgan fingerprint density at radius 2 is 2.09 bits per heavy atom. The monoisotopic (exact) mass is 323 g/mol. The Morgan fingerprint density at radius 3 is 2.77 bits per heavy atom. The van der Waals surface area contributed by atoms with Gasteiger partial charge in [0.25, 0.3) is 5.92 Å². The molecule has 8 heteroatoms. The summed E-state index contributed by atoms with van der Waals surface area (Å²) in [4.78, 5) is 5.36. The molecule has 124 valence electrons. The summed E-state index contributed by atoms with van der Waals surface area (Å²) in [7, 11) is 0. The summed E-state index contributed by atoms with van der Waals surface area (Å²) >= 11 is 0. The Hall–Kier alpha value is -1.28. The molecule has 1 N–H and O–H groups in total. The zero-order valence-corrected chi connectivity index (χ0v) is 12.0. The average Bonchev–Trinajstić information content (AvgIpc) is 2.42. The number of piperidine rings is 1. The summed E-state index contributed by atoms with van der Waals surface area (Å²) < 4.78 is 64.8. The molecule has 1 aliphatic rings. The Kier molecular flexibility index (Phi) is 5.33. The van der Waals surface area contributed by atoms with Gasteiger partial charge in [-0.25, -0.2) is 8.78 Å². The van der Waals surface area contributed by atoms with E-state index < -0.39 is 17.7 Å². The van der Waals surface area contributed by atoms with Gasteiger partial charge in [0.1, 0.15) is 0 Å². The summed E-state index contributed by atoms with van der Waals surface area (Å²) in [6.45, 7) is 0.981. The van der Waals surface area contributed by atoms with Gasteiger partial charge in [-0.2, -0.15) is 13.2 Å². The molecular formula is C14H18F5N3. The molecule has 0 radical (unpaired) electrons. The van der Waals surface area contributed by atoms with E-state index in [9.17, 15) is 22.0 Å². The van der Waals surface area contributed by atoms with Crippen LogP contribution in [0.1, 0.15) is 24.1 Å². The van der Waals surface area contributed by atoms with Crippen LogP contribution in [-0.4, -0.2) is 42.0 Å². The summed E-state index contributed by atoms with van der Waals surface area (Å²) in [5.41, 5.74) is -0.856. The standard InChI is InChI=1S/C14H18F5N3/c15-13(16)4-2-7-22(10-13)8-6-20-9-12-11(14(17,18)19)3-1-5-21-12/h1,3,5,20H,2,4,6-10H2. The van der Waals surface area contributed by atoms with E-state index in [4.69, 9.17) is 0 Å². The lowest BCUT2D eigenvalue weighted by Gasteiger charge is -2.32. The first-order valence-corrected chi connectivity index (χ1v) is 7.10. The average molecular weight is 323 g/mol. The molecule has 2 rings (SSSR count). The number of nitrogens with zero attached hydrogens (tertiary/aromatic N) is 2. The molecule has 0 spiro atoms. The molecule has 0 bridgehead atoms. The third-order valence-electron chi connectivity index (χ3n) is 3.56. The van der Waals surface area contributed by atoms with Crippen molar-refractivity contribution in [3.63, 3.8) is 0 Å². The van der Waals surface area contributed by atoms with Crippen LogP contribution < -0.4 is 5.32 Å². The first-order chi connectivity index (χ1) is 10.3. The number of hydrogen-bond acceptors (Lipinski definition) is 3. The van der Waals surface area contributed by atoms with Gasteiger partial charge in [0.05, 0.1) is 17.8 Å². The number of rotatable bonds is 5. The zero-order valence-electron chi connectivity index (χ0n) is 12.0. The van der Waals surface area contributed by atoms with Crippen LogP contribution in [0.4, 0.5) is 22.0 Å². The molecule has 0 saturated carbocycles. The molecule has 1 aromatic heterocycles. The van der Waals surface area contributed by atoms with E-state index in [0.29, 0.717) is 26.1 Å². The Bertz CT molecular complexity index is 490. The van der Waals surface area contributed by atoms with Crippen LogP contribution in [0.2, 0.25) is 0 Å². The van der Waals surface area contributed by atoms with Crippen LogP contribution in [0.15, 0.2) is 18.3 Å². The van der Waals surface area contributed by atoms with Crippen LogP contribution in [0.25, 0.3) is 0 Å². The predicted molar refractivity (Wildman–Crippen MR) is 71.6 cm³/mol. The molecular weight excluding hydrogens is 305 g/mol. The van der Waals surface area contributed by atoms with Gasteiger partial charge in [-0.15, -0.1) is 0 Å². The van der Waals surface area contributed by atoms with Crippen LogP contribution in [0.5, 0.6) is 0 Å². The second kappa shape index (κ2) is 6.87. The number of alkyl halides is 5. The third kappa shape index (κ3) is 4.88. The minimum absolute atomic E-state index is 0.0417. The van der Waals surface area contributed by atoms with E-state index in [0.717, 1.165) is 6.07 Å². The highest BCUT2D eigenvalue weighted by Crippen LogP contribution is 2.30. The fourth-order valence-corrected chi connectivity index (χ4v) is 2.52. The molecule has 0 aliphatic carbocycles. The normalized spacial score (nSPS) is 19.3. The molecule has 0 unspecified atom stereocenters. The van der Waals surface area contributed by atoms with Gasteiger partial charge in [0.15, 0.2) is 0 Å². The van der Waals surface area contributed by atoms with Crippen molar-refractivity contribution >= 4 is 0 Å². The van der Waals surface area contributed by atoms with Gasteiger partial charge in [0, 0.05) is 32.3 Å². The highest BCUT2D eigenvalue weighted by molar-refractivity contribution is 5.22. The highest BCUT2D eigenvalue weighted by Gasteiger charge is 2.35. The minimum Gasteiger partial charge on any atom is -0.310 e. The number of hydrogen-bond donors (Lipinski definition) is 1. The lowest BCUT2D eigenvalue weighted by molar-refractivity contribution is -0.138. The second-order valence-electron chi connectivity index (χ2n) is 5.41. The maximum atomic E-state index is 13.2. The minimum atomic E-state index is -4.44. The maximum Gasteiger partial charge on any atom is 0.418 e. The van der Waals surface area contributed by atoms with E-state index in [2.05, 4.69) is 10.3 Å². The van der Waals surface area contributed by atoms with E-state index in [1.807, 2.05) is 0 Å². The number of likely N-dealkylation sites (tertiary alicyclic amines) is 1. The van der Waals surface area contributed by atoms with E-state index in [1.54, 1.807) is 4.90 Å². The van der Waals surface area contributed by atoms with Crippen molar-refractivity contribution in [2.75, 3.05) is 26.2 Å². The first kappa shape index (κ1) is 17.1. The fraction of sp³-hybridized carbons (Fsp3) is 0.643. The molecule has 1 fully saturated rings. The van der Waals surface area contributed by atoms with Crippen LogP contribution in [-0.2, 0) is 12.7 Å². The number of aromatic nitrogens is 1. The van der Waals surface area contributed by atoms with Crippen molar-refractivity contribution in [2.45, 2.75) is 31.5 Å². The summed E-state index contributed by atoms with van der Waals surface area (Å²) in [5, 5.41) is 2.84. The molecule has 22 heavy (non-hydrogen) atoms. The van der Waals surface area contributed by atoms with Gasteiger partial charge in [-0.1, -0.05) is 0 Å². The van der Waals surface area contributed by atoms with Gasteiger partial charge >= 0.3 is 6.18 Å². The summed E-state index contributed by atoms with van der Waals surface area (Å²) in [6, 6.07) is 2.22. The number of pyridine rings is 1. The Morgan fingerprint density at radius 1 is 1.32 bits per heavy atom. The van der Waals surface area contributed by atoms with Crippen molar-refractivity contribution in [1.82, 2.24) is 15.2 Å². The molecule has 0 aromatic carbocycles. The third-order valence-corrected chi connectivity index (χ3v) is 3.56.